The van der Waals surface area contributed by atoms with Crippen molar-refractivity contribution in [2.75, 3.05) is 5.32 Å². The second kappa shape index (κ2) is 5.14. The molecule has 0 unspecified atom stereocenters. The average Bonchev–Trinajstić information content (AvgIpc) is 3.21. The molecule has 3 aromatic rings. The number of nitrogens with zero attached hydrogens (tertiary/aromatic N) is 1. The molecule has 1 aromatic heterocycles. The van der Waals surface area contributed by atoms with Gasteiger partial charge in [-0.15, -0.1) is 0 Å². The molecule has 1 heterocycles. The first kappa shape index (κ1) is 13.3. The van der Waals surface area contributed by atoms with Gasteiger partial charge in [-0.25, -0.2) is 4.98 Å². The van der Waals surface area contributed by atoms with Crippen LogP contribution in [-0.2, 0) is 4.79 Å². The Bertz CT molecular complexity index is 825. The van der Waals surface area contributed by atoms with Crippen LogP contribution in [-0.4, -0.2) is 15.9 Å². The zero-order valence-corrected chi connectivity index (χ0v) is 12.5. The summed E-state index contributed by atoms with van der Waals surface area (Å²) in [6.07, 6.45) is 0.854. The minimum absolute atomic E-state index is 0.00373. The van der Waals surface area contributed by atoms with Crippen LogP contribution in [0.4, 0.5) is 5.95 Å². The van der Waals surface area contributed by atoms with Crippen LogP contribution < -0.4 is 5.32 Å². The van der Waals surface area contributed by atoms with E-state index in [9.17, 15) is 4.79 Å². The first-order valence-corrected chi connectivity index (χ1v) is 7.59. The van der Waals surface area contributed by atoms with Gasteiger partial charge in [0.15, 0.2) is 0 Å². The fraction of sp³-hybridized carbons (Fsp3) is 0.176. The van der Waals surface area contributed by atoms with Crippen molar-refractivity contribution in [1.29, 1.82) is 0 Å². The molecule has 4 rings (SSSR count). The maximum Gasteiger partial charge on any atom is 0.230 e. The van der Waals surface area contributed by atoms with Gasteiger partial charge < -0.3 is 4.98 Å². The van der Waals surface area contributed by atoms with Gasteiger partial charge in [-0.1, -0.05) is 35.9 Å². The maximum absolute atomic E-state index is 12.3. The van der Waals surface area contributed by atoms with E-state index in [-0.39, 0.29) is 17.7 Å². The minimum Gasteiger partial charge on any atom is -0.324 e. The van der Waals surface area contributed by atoms with Crippen molar-refractivity contribution in [1.82, 2.24) is 9.97 Å². The quantitative estimate of drug-likeness (QED) is 0.769. The Hall–Kier alpha value is -2.33. The first-order chi connectivity index (χ1) is 10.7. The highest BCUT2D eigenvalue weighted by molar-refractivity contribution is 6.30. The third-order valence-electron chi connectivity index (χ3n) is 4.04. The second-order valence-electron chi connectivity index (χ2n) is 5.60. The zero-order chi connectivity index (χ0) is 15.1. The summed E-state index contributed by atoms with van der Waals surface area (Å²) in [6.45, 7) is 0. The molecule has 1 aliphatic carbocycles. The number of amides is 1. The van der Waals surface area contributed by atoms with Gasteiger partial charge in [0.2, 0.25) is 11.9 Å². The van der Waals surface area contributed by atoms with E-state index in [0.29, 0.717) is 11.0 Å². The van der Waals surface area contributed by atoms with E-state index in [4.69, 9.17) is 11.6 Å². The lowest BCUT2D eigenvalue weighted by atomic mass is 10.1. The predicted molar refractivity (Wildman–Crippen MR) is 87.0 cm³/mol. The van der Waals surface area contributed by atoms with E-state index in [1.54, 1.807) is 0 Å². The van der Waals surface area contributed by atoms with Gasteiger partial charge in [0.1, 0.15) is 0 Å². The fourth-order valence-corrected chi connectivity index (χ4v) is 3.01. The molecule has 110 valence electrons. The molecule has 0 radical (unpaired) electrons. The van der Waals surface area contributed by atoms with Crippen LogP contribution in [0.25, 0.3) is 11.0 Å². The molecule has 22 heavy (non-hydrogen) atoms. The number of carbonyl (C=O) groups excluding carboxylic acids is 1. The molecule has 0 aliphatic heterocycles. The zero-order valence-electron chi connectivity index (χ0n) is 11.7. The normalized spacial score (nSPS) is 20.0. The molecule has 1 saturated carbocycles. The Kier molecular flexibility index (Phi) is 3.12. The van der Waals surface area contributed by atoms with Gasteiger partial charge >= 0.3 is 0 Å². The molecule has 1 amide bonds. The van der Waals surface area contributed by atoms with Gasteiger partial charge in [-0.3, -0.25) is 10.1 Å². The van der Waals surface area contributed by atoms with Crippen molar-refractivity contribution in [2.24, 2.45) is 5.92 Å². The number of aromatic amines is 1. The summed E-state index contributed by atoms with van der Waals surface area (Å²) in [7, 11) is 0. The summed E-state index contributed by atoms with van der Waals surface area (Å²) in [6, 6.07) is 15.4. The highest BCUT2D eigenvalue weighted by Gasteiger charge is 2.44. The molecule has 2 aromatic carbocycles. The van der Waals surface area contributed by atoms with Crippen molar-refractivity contribution < 1.29 is 4.79 Å². The number of hydrogen-bond acceptors (Lipinski definition) is 2. The SMILES string of the molecule is O=C(Nc1nc2ccccc2[nH]1)[C@H]1C[C@@H]1c1cccc(Cl)c1. The summed E-state index contributed by atoms with van der Waals surface area (Å²) >= 11 is 6.00. The van der Waals surface area contributed by atoms with E-state index < -0.39 is 0 Å². The Morgan fingerprint density at radius 3 is 2.91 bits per heavy atom. The van der Waals surface area contributed by atoms with Crippen molar-refractivity contribution in [3.8, 4) is 0 Å². The lowest BCUT2D eigenvalue weighted by Crippen LogP contribution is -2.15. The highest BCUT2D eigenvalue weighted by Crippen LogP contribution is 2.48. The van der Waals surface area contributed by atoms with Gasteiger partial charge in [0.05, 0.1) is 11.0 Å². The number of aromatic nitrogens is 2. The number of H-pyrrole nitrogens is 1. The third kappa shape index (κ3) is 2.46. The molecular weight excluding hydrogens is 298 g/mol. The smallest absolute Gasteiger partial charge is 0.230 e. The summed E-state index contributed by atoms with van der Waals surface area (Å²) in [4.78, 5) is 19.8. The molecule has 2 N–H and O–H groups in total. The van der Waals surface area contributed by atoms with Crippen molar-refractivity contribution >= 4 is 34.5 Å². The number of imidazole rings is 1. The van der Waals surface area contributed by atoms with E-state index in [1.165, 1.54) is 0 Å². The number of nitrogens with one attached hydrogen (secondary N) is 2. The van der Waals surface area contributed by atoms with E-state index in [1.807, 2.05) is 48.5 Å². The summed E-state index contributed by atoms with van der Waals surface area (Å²) in [5, 5.41) is 3.58. The van der Waals surface area contributed by atoms with Crippen LogP contribution in [0.1, 0.15) is 17.9 Å². The number of para-hydroxylation sites is 2. The van der Waals surface area contributed by atoms with Crippen LogP contribution in [0, 0.1) is 5.92 Å². The number of halogens is 1. The fourth-order valence-electron chi connectivity index (χ4n) is 2.81. The molecule has 5 heteroatoms. The monoisotopic (exact) mass is 311 g/mol. The maximum atomic E-state index is 12.3. The molecule has 0 spiro atoms. The number of rotatable bonds is 3. The van der Waals surface area contributed by atoms with E-state index in [0.717, 1.165) is 23.0 Å². The van der Waals surface area contributed by atoms with Gasteiger partial charge in [-0.2, -0.15) is 0 Å². The number of fused-ring (bicyclic) bond motifs is 1. The predicted octanol–water partition coefficient (Wildman–Crippen LogP) is 3.96. The Morgan fingerprint density at radius 2 is 2.09 bits per heavy atom. The molecule has 0 saturated heterocycles. The van der Waals surface area contributed by atoms with Crippen LogP contribution >= 0.6 is 11.6 Å². The first-order valence-electron chi connectivity index (χ1n) is 7.22. The molecule has 4 nitrogen and oxygen atoms in total. The van der Waals surface area contributed by atoms with Gasteiger partial charge in [0.25, 0.3) is 0 Å². The number of hydrogen-bond donors (Lipinski definition) is 2. The van der Waals surface area contributed by atoms with Crippen LogP contribution in [0.3, 0.4) is 0 Å². The summed E-state index contributed by atoms with van der Waals surface area (Å²) in [5.74, 6) is 0.752. The van der Waals surface area contributed by atoms with E-state index >= 15 is 0 Å². The third-order valence-corrected chi connectivity index (χ3v) is 4.27. The lowest BCUT2D eigenvalue weighted by Gasteiger charge is -2.02. The standard InChI is InChI=1S/C17H14ClN3O/c18-11-5-3-4-10(8-11)12-9-13(12)16(22)21-17-19-14-6-1-2-7-15(14)20-17/h1-8,12-13H,9H2,(H2,19,20,21,22)/t12-,13+/m1/s1. The molecule has 1 aliphatic rings. The Balaban J connectivity index is 1.47. The van der Waals surface area contributed by atoms with Gasteiger partial charge in [-0.05, 0) is 42.2 Å². The molecule has 2 atom stereocenters. The molecule has 0 bridgehead atoms. The lowest BCUT2D eigenvalue weighted by molar-refractivity contribution is -0.117. The van der Waals surface area contributed by atoms with Crippen molar-refractivity contribution in [3.63, 3.8) is 0 Å². The highest BCUT2D eigenvalue weighted by atomic mass is 35.5. The van der Waals surface area contributed by atoms with Gasteiger partial charge in [0, 0.05) is 10.9 Å². The Morgan fingerprint density at radius 1 is 1.23 bits per heavy atom. The second-order valence-corrected chi connectivity index (χ2v) is 6.03. The minimum atomic E-state index is -0.00770. The summed E-state index contributed by atoms with van der Waals surface area (Å²) < 4.78 is 0. The number of anilines is 1. The van der Waals surface area contributed by atoms with Crippen LogP contribution in [0.15, 0.2) is 48.5 Å². The number of benzene rings is 2. The van der Waals surface area contributed by atoms with Crippen LogP contribution in [0.5, 0.6) is 0 Å². The number of carbonyl (C=O) groups is 1. The molecule has 1 fully saturated rings. The van der Waals surface area contributed by atoms with E-state index in [2.05, 4.69) is 15.3 Å². The van der Waals surface area contributed by atoms with Crippen LogP contribution in [0.2, 0.25) is 5.02 Å². The summed E-state index contributed by atoms with van der Waals surface area (Å²) in [5.41, 5.74) is 2.89. The average molecular weight is 312 g/mol. The topological polar surface area (TPSA) is 57.8 Å². The van der Waals surface area contributed by atoms with Crippen molar-refractivity contribution in [2.45, 2.75) is 12.3 Å². The molecular formula is C17H14ClN3O. The Labute approximate surface area is 132 Å². The van der Waals surface area contributed by atoms with Crippen molar-refractivity contribution in [3.05, 3.63) is 59.1 Å². The largest absolute Gasteiger partial charge is 0.324 e.